The van der Waals surface area contributed by atoms with Gasteiger partial charge in [-0.15, -0.1) is 0 Å². The van der Waals surface area contributed by atoms with Crippen molar-refractivity contribution in [2.24, 2.45) is 0 Å². The van der Waals surface area contributed by atoms with E-state index in [-0.39, 0.29) is 18.4 Å². The Balaban J connectivity index is 1.93. The lowest BCUT2D eigenvalue weighted by Gasteiger charge is -2.10. The Morgan fingerprint density at radius 3 is 2.39 bits per heavy atom. The fraction of sp³-hybridized carbons (Fsp3) is 0.125. The monoisotopic (exact) mass is 352 g/mol. The van der Waals surface area contributed by atoms with Gasteiger partial charge in [0.2, 0.25) is 5.91 Å². The topological polar surface area (TPSA) is 67.4 Å². The van der Waals surface area contributed by atoms with E-state index in [0.29, 0.717) is 27.2 Å². The minimum atomic E-state index is -0.351. The van der Waals surface area contributed by atoms with Gasteiger partial charge in [0.25, 0.3) is 5.91 Å². The van der Waals surface area contributed by atoms with Crippen LogP contribution in [0.4, 0.5) is 11.4 Å². The molecule has 0 aromatic heterocycles. The first kappa shape index (κ1) is 17.1. The Morgan fingerprint density at radius 1 is 1.04 bits per heavy atom. The van der Waals surface area contributed by atoms with Gasteiger partial charge in [-0.1, -0.05) is 29.3 Å². The molecule has 2 rings (SSSR count). The fourth-order valence-corrected chi connectivity index (χ4v) is 2.27. The zero-order valence-electron chi connectivity index (χ0n) is 12.2. The van der Waals surface area contributed by atoms with E-state index < -0.39 is 0 Å². The van der Waals surface area contributed by atoms with Crippen LogP contribution in [0.25, 0.3) is 0 Å². The molecule has 23 heavy (non-hydrogen) atoms. The molecule has 5 nitrogen and oxygen atoms in total. The molecule has 120 valence electrons. The highest BCUT2D eigenvalue weighted by Gasteiger charge is 2.07. The number of carbonyl (C=O) groups is 2. The van der Waals surface area contributed by atoms with Crippen LogP contribution in [-0.4, -0.2) is 18.4 Å². The van der Waals surface area contributed by atoms with Crippen molar-refractivity contribution in [3.8, 4) is 5.75 Å². The summed E-state index contributed by atoms with van der Waals surface area (Å²) in [5, 5.41) is 6.13. The number of hydrogen-bond acceptors (Lipinski definition) is 3. The van der Waals surface area contributed by atoms with Crippen molar-refractivity contribution in [1.29, 1.82) is 0 Å². The maximum absolute atomic E-state index is 11.9. The Morgan fingerprint density at radius 2 is 1.74 bits per heavy atom. The minimum absolute atomic E-state index is 0.186. The van der Waals surface area contributed by atoms with Crippen molar-refractivity contribution in [2.45, 2.75) is 6.92 Å². The van der Waals surface area contributed by atoms with Gasteiger partial charge in [0.1, 0.15) is 5.75 Å². The highest BCUT2D eigenvalue weighted by molar-refractivity contribution is 6.35. The van der Waals surface area contributed by atoms with Gasteiger partial charge in [0, 0.05) is 23.3 Å². The zero-order chi connectivity index (χ0) is 16.8. The molecule has 0 atom stereocenters. The fourth-order valence-electron chi connectivity index (χ4n) is 1.81. The first-order chi connectivity index (χ1) is 10.9. The third kappa shape index (κ3) is 5.47. The van der Waals surface area contributed by atoms with E-state index in [1.165, 1.54) is 13.0 Å². The van der Waals surface area contributed by atoms with E-state index in [2.05, 4.69) is 10.6 Å². The average molecular weight is 353 g/mol. The third-order valence-corrected chi connectivity index (χ3v) is 3.25. The van der Waals surface area contributed by atoms with Crippen molar-refractivity contribution in [3.63, 3.8) is 0 Å². The number of anilines is 2. The largest absolute Gasteiger partial charge is 0.482 e. The van der Waals surface area contributed by atoms with Crippen molar-refractivity contribution in [1.82, 2.24) is 0 Å². The molecule has 0 bridgehead atoms. The lowest BCUT2D eigenvalue weighted by Crippen LogP contribution is -2.20. The summed E-state index contributed by atoms with van der Waals surface area (Å²) >= 11 is 11.7. The van der Waals surface area contributed by atoms with E-state index >= 15 is 0 Å². The first-order valence-corrected chi connectivity index (χ1v) is 7.45. The van der Waals surface area contributed by atoms with Gasteiger partial charge in [-0.05, 0) is 36.4 Å². The normalized spacial score (nSPS) is 10.0. The molecule has 0 unspecified atom stereocenters. The Hall–Kier alpha value is -2.24. The van der Waals surface area contributed by atoms with Crippen molar-refractivity contribution < 1.29 is 14.3 Å². The second kappa shape index (κ2) is 7.85. The molecule has 0 aliphatic rings. The number of hydrogen-bond donors (Lipinski definition) is 2. The molecular formula is C16H14Cl2N2O3. The summed E-state index contributed by atoms with van der Waals surface area (Å²) in [4.78, 5) is 22.9. The molecule has 0 aliphatic heterocycles. The van der Waals surface area contributed by atoms with Crippen molar-refractivity contribution in [3.05, 3.63) is 52.5 Å². The average Bonchev–Trinajstić information content (AvgIpc) is 2.46. The molecule has 0 fully saturated rings. The lowest BCUT2D eigenvalue weighted by molar-refractivity contribution is -0.118. The molecule has 2 N–H and O–H groups in total. The molecule has 0 radical (unpaired) electrons. The van der Waals surface area contributed by atoms with Crippen LogP contribution in [0.3, 0.4) is 0 Å². The SMILES string of the molecule is CC(=O)Nc1cccc(NC(=O)COc2ccc(Cl)cc2Cl)c1. The van der Waals surface area contributed by atoms with Crippen LogP contribution in [-0.2, 0) is 9.59 Å². The van der Waals surface area contributed by atoms with Gasteiger partial charge in [0.05, 0.1) is 5.02 Å². The molecule has 2 aromatic carbocycles. The molecular weight excluding hydrogens is 339 g/mol. The number of rotatable bonds is 5. The number of carbonyl (C=O) groups excluding carboxylic acids is 2. The van der Waals surface area contributed by atoms with Gasteiger partial charge < -0.3 is 15.4 Å². The number of nitrogens with one attached hydrogen (secondary N) is 2. The summed E-state index contributed by atoms with van der Waals surface area (Å²) in [7, 11) is 0. The van der Waals surface area contributed by atoms with E-state index in [0.717, 1.165) is 0 Å². The Bertz CT molecular complexity index is 735. The summed E-state index contributed by atoms with van der Waals surface area (Å²) in [5.74, 6) is -0.164. The van der Waals surface area contributed by atoms with E-state index in [4.69, 9.17) is 27.9 Å². The molecule has 2 aromatic rings. The summed E-state index contributed by atoms with van der Waals surface area (Å²) in [6, 6.07) is 11.5. The van der Waals surface area contributed by atoms with E-state index in [9.17, 15) is 9.59 Å². The van der Waals surface area contributed by atoms with E-state index in [1.807, 2.05) is 0 Å². The molecule has 0 saturated heterocycles. The maximum atomic E-state index is 11.9. The van der Waals surface area contributed by atoms with Crippen LogP contribution in [0.2, 0.25) is 10.0 Å². The molecule has 0 heterocycles. The highest BCUT2D eigenvalue weighted by Crippen LogP contribution is 2.27. The van der Waals surface area contributed by atoms with Gasteiger partial charge in [-0.2, -0.15) is 0 Å². The molecule has 0 spiro atoms. The summed E-state index contributed by atoms with van der Waals surface area (Å²) in [6.07, 6.45) is 0. The Labute approximate surface area is 143 Å². The standard InChI is InChI=1S/C16H14Cl2N2O3/c1-10(21)19-12-3-2-4-13(8-12)20-16(22)9-23-15-6-5-11(17)7-14(15)18/h2-8H,9H2,1H3,(H,19,21)(H,20,22). The van der Waals surface area contributed by atoms with Gasteiger partial charge >= 0.3 is 0 Å². The molecule has 7 heteroatoms. The third-order valence-electron chi connectivity index (χ3n) is 2.72. The second-order valence-corrected chi connectivity index (χ2v) is 5.52. The van der Waals surface area contributed by atoms with Gasteiger partial charge in [-0.3, -0.25) is 9.59 Å². The van der Waals surface area contributed by atoms with Crippen LogP contribution in [0.15, 0.2) is 42.5 Å². The quantitative estimate of drug-likeness (QED) is 0.855. The van der Waals surface area contributed by atoms with Gasteiger partial charge in [0.15, 0.2) is 6.61 Å². The molecule has 0 saturated carbocycles. The number of halogens is 2. The van der Waals surface area contributed by atoms with Crippen molar-refractivity contribution >= 4 is 46.4 Å². The maximum Gasteiger partial charge on any atom is 0.262 e. The number of ether oxygens (including phenoxy) is 1. The van der Waals surface area contributed by atoms with E-state index in [1.54, 1.807) is 36.4 Å². The zero-order valence-corrected chi connectivity index (χ0v) is 13.7. The summed E-state index contributed by atoms with van der Waals surface area (Å²) < 4.78 is 5.35. The highest BCUT2D eigenvalue weighted by atomic mass is 35.5. The smallest absolute Gasteiger partial charge is 0.262 e. The van der Waals surface area contributed by atoms with Crippen LogP contribution in [0.1, 0.15) is 6.92 Å². The summed E-state index contributed by atoms with van der Waals surface area (Å²) in [5.41, 5.74) is 1.14. The van der Waals surface area contributed by atoms with Crippen LogP contribution < -0.4 is 15.4 Å². The Kier molecular flexibility index (Phi) is 5.84. The first-order valence-electron chi connectivity index (χ1n) is 6.69. The van der Waals surface area contributed by atoms with Crippen LogP contribution in [0.5, 0.6) is 5.75 Å². The van der Waals surface area contributed by atoms with Gasteiger partial charge in [-0.25, -0.2) is 0 Å². The molecule has 0 aliphatic carbocycles. The predicted octanol–water partition coefficient (Wildman–Crippen LogP) is 3.97. The predicted molar refractivity (Wildman–Crippen MR) is 91.3 cm³/mol. The van der Waals surface area contributed by atoms with Crippen molar-refractivity contribution in [2.75, 3.05) is 17.2 Å². The lowest BCUT2D eigenvalue weighted by atomic mass is 10.2. The number of amides is 2. The summed E-state index contributed by atoms with van der Waals surface area (Å²) in [6.45, 7) is 1.21. The second-order valence-electron chi connectivity index (χ2n) is 4.67. The van der Waals surface area contributed by atoms with Crippen LogP contribution in [0, 0.1) is 0 Å². The number of benzene rings is 2. The van der Waals surface area contributed by atoms with Crippen LogP contribution >= 0.6 is 23.2 Å². The molecule has 2 amide bonds. The minimum Gasteiger partial charge on any atom is -0.482 e.